The molecular formula is C12H16BrFN2O2S. The van der Waals surface area contributed by atoms with E-state index in [0.717, 1.165) is 18.9 Å². The van der Waals surface area contributed by atoms with Crippen LogP contribution in [-0.4, -0.2) is 24.8 Å². The first-order valence-corrected chi connectivity index (χ1v) is 8.17. The molecule has 1 aliphatic heterocycles. The van der Waals surface area contributed by atoms with Crippen molar-refractivity contribution in [1.82, 2.24) is 4.31 Å². The molecule has 0 amide bonds. The van der Waals surface area contributed by atoms with Gasteiger partial charge >= 0.3 is 0 Å². The van der Waals surface area contributed by atoms with Crippen LogP contribution >= 0.6 is 15.9 Å². The molecule has 106 valence electrons. The number of rotatable bonds is 2. The Bertz CT molecular complexity index is 616. The zero-order valence-corrected chi connectivity index (χ0v) is 13.2. The van der Waals surface area contributed by atoms with Crippen molar-refractivity contribution >= 4 is 31.6 Å². The number of benzene rings is 1. The van der Waals surface area contributed by atoms with Gasteiger partial charge in [-0.1, -0.05) is 0 Å². The van der Waals surface area contributed by atoms with Gasteiger partial charge in [-0.25, -0.2) is 12.8 Å². The minimum absolute atomic E-state index is 0.206. The second-order valence-corrected chi connectivity index (χ2v) is 7.98. The molecule has 1 aromatic rings. The van der Waals surface area contributed by atoms with Gasteiger partial charge in [-0.2, -0.15) is 4.31 Å². The summed E-state index contributed by atoms with van der Waals surface area (Å²) < 4.78 is 40.7. The molecular weight excluding hydrogens is 335 g/mol. The molecule has 2 N–H and O–H groups in total. The molecule has 0 atom stereocenters. The topological polar surface area (TPSA) is 63.4 Å². The quantitative estimate of drug-likeness (QED) is 0.834. The normalized spacial score (nSPS) is 19.8. The molecule has 4 nitrogen and oxygen atoms in total. The van der Waals surface area contributed by atoms with Crippen LogP contribution in [0.1, 0.15) is 26.7 Å². The molecule has 1 aromatic carbocycles. The van der Waals surface area contributed by atoms with Crippen LogP contribution in [0, 0.1) is 5.82 Å². The highest BCUT2D eigenvalue weighted by Gasteiger charge is 2.42. The minimum atomic E-state index is -3.86. The van der Waals surface area contributed by atoms with Crippen LogP contribution in [0.5, 0.6) is 0 Å². The van der Waals surface area contributed by atoms with E-state index in [-0.39, 0.29) is 10.6 Å². The lowest BCUT2D eigenvalue weighted by Gasteiger charge is -2.30. The van der Waals surface area contributed by atoms with Crippen LogP contribution in [0.4, 0.5) is 10.1 Å². The Morgan fingerprint density at radius 3 is 2.58 bits per heavy atom. The Morgan fingerprint density at radius 2 is 2.05 bits per heavy atom. The largest absolute Gasteiger partial charge is 0.398 e. The average Bonchev–Trinajstić information content (AvgIpc) is 2.63. The number of anilines is 1. The number of sulfonamides is 1. The Kier molecular flexibility index (Phi) is 3.66. The maximum atomic E-state index is 13.9. The highest BCUT2D eigenvalue weighted by molar-refractivity contribution is 9.10. The summed E-state index contributed by atoms with van der Waals surface area (Å²) in [6, 6.07) is 2.26. The summed E-state index contributed by atoms with van der Waals surface area (Å²) in [5.41, 5.74) is 5.37. The smallest absolute Gasteiger partial charge is 0.246 e. The van der Waals surface area contributed by atoms with Crippen molar-refractivity contribution < 1.29 is 12.8 Å². The Balaban J connectivity index is 2.55. The minimum Gasteiger partial charge on any atom is -0.398 e. The van der Waals surface area contributed by atoms with Gasteiger partial charge in [-0.15, -0.1) is 0 Å². The average molecular weight is 351 g/mol. The molecule has 1 saturated heterocycles. The maximum absolute atomic E-state index is 13.9. The number of hydrogen-bond donors (Lipinski definition) is 1. The SMILES string of the molecule is CC1(C)CCCN1S(=O)(=O)c1cc(N)c(Br)cc1F. The highest BCUT2D eigenvalue weighted by atomic mass is 79.9. The third-order valence-corrected chi connectivity index (χ3v) is 6.26. The lowest BCUT2D eigenvalue weighted by molar-refractivity contribution is 0.290. The molecule has 1 heterocycles. The maximum Gasteiger partial charge on any atom is 0.246 e. The number of halogens is 2. The summed E-state index contributed by atoms with van der Waals surface area (Å²) in [5, 5.41) is 0. The lowest BCUT2D eigenvalue weighted by Crippen LogP contribution is -2.42. The monoisotopic (exact) mass is 350 g/mol. The zero-order valence-electron chi connectivity index (χ0n) is 10.8. The van der Waals surface area contributed by atoms with E-state index in [0.29, 0.717) is 11.0 Å². The van der Waals surface area contributed by atoms with Crippen LogP contribution in [-0.2, 0) is 10.0 Å². The van der Waals surface area contributed by atoms with Gasteiger partial charge in [0.15, 0.2) is 0 Å². The molecule has 1 aliphatic rings. The Morgan fingerprint density at radius 1 is 1.42 bits per heavy atom. The number of hydrogen-bond acceptors (Lipinski definition) is 3. The van der Waals surface area contributed by atoms with Gasteiger partial charge in [0.2, 0.25) is 10.0 Å². The van der Waals surface area contributed by atoms with Crippen LogP contribution in [0.2, 0.25) is 0 Å². The fourth-order valence-electron chi connectivity index (χ4n) is 2.39. The molecule has 19 heavy (non-hydrogen) atoms. The lowest BCUT2D eigenvalue weighted by atomic mass is 10.0. The van der Waals surface area contributed by atoms with Crippen molar-refractivity contribution in [2.45, 2.75) is 37.1 Å². The van der Waals surface area contributed by atoms with Crippen molar-refractivity contribution in [3.05, 3.63) is 22.4 Å². The molecule has 7 heteroatoms. The summed E-state index contributed by atoms with van der Waals surface area (Å²) in [5.74, 6) is -0.788. The van der Waals surface area contributed by atoms with Crippen molar-refractivity contribution in [1.29, 1.82) is 0 Å². The van der Waals surface area contributed by atoms with E-state index < -0.39 is 21.4 Å². The predicted molar refractivity (Wildman–Crippen MR) is 75.7 cm³/mol. The van der Waals surface area contributed by atoms with Crippen molar-refractivity contribution in [3.8, 4) is 0 Å². The first kappa shape index (κ1) is 14.7. The molecule has 2 rings (SSSR count). The molecule has 0 spiro atoms. The van der Waals surface area contributed by atoms with E-state index in [9.17, 15) is 12.8 Å². The van der Waals surface area contributed by atoms with Crippen LogP contribution in [0.15, 0.2) is 21.5 Å². The van der Waals surface area contributed by atoms with Crippen LogP contribution in [0.3, 0.4) is 0 Å². The summed E-state index contributed by atoms with van der Waals surface area (Å²) in [7, 11) is -3.86. The van der Waals surface area contributed by atoms with E-state index in [4.69, 9.17) is 5.73 Å². The predicted octanol–water partition coefficient (Wildman–Crippen LogP) is 2.73. The Labute approximate surface area is 121 Å². The second-order valence-electron chi connectivity index (χ2n) is 5.30. The highest BCUT2D eigenvalue weighted by Crippen LogP contribution is 2.36. The third-order valence-electron chi connectivity index (χ3n) is 3.44. The van der Waals surface area contributed by atoms with E-state index in [2.05, 4.69) is 15.9 Å². The van der Waals surface area contributed by atoms with Gasteiger partial charge in [0, 0.05) is 22.2 Å². The van der Waals surface area contributed by atoms with Crippen LogP contribution in [0.25, 0.3) is 0 Å². The van der Waals surface area contributed by atoms with Gasteiger partial charge in [0.25, 0.3) is 0 Å². The fourth-order valence-corrected chi connectivity index (χ4v) is 4.63. The van der Waals surface area contributed by atoms with E-state index in [1.54, 1.807) is 0 Å². The molecule has 0 aromatic heterocycles. The fraction of sp³-hybridized carbons (Fsp3) is 0.500. The number of nitrogen functional groups attached to an aromatic ring is 1. The Hall–Kier alpha value is -0.660. The van der Waals surface area contributed by atoms with E-state index in [1.165, 1.54) is 10.4 Å². The van der Waals surface area contributed by atoms with Gasteiger partial charge in [0.05, 0.1) is 0 Å². The second kappa shape index (κ2) is 4.71. The summed E-state index contributed by atoms with van der Waals surface area (Å²) in [6.07, 6.45) is 1.54. The first-order valence-electron chi connectivity index (χ1n) is 5.93. The van der Waals surface area contributed by atoms with Crippen molar-refractivity contribution in [2.24, 2.45) is 0 Å². The van der Waals surface area contributed by atoms with E-state index in [1.807, 2.05) is 13.8 Å². The zero-order chi connectivity index (χ0) is 14.4. The summed E-state index contributed by atoms with van der Waals surface area (Å²) >= 11 is 3.08. The van der Waals surface area contributed by atoms with Crippen molar-refractivity contribution in [3.63, 3.8) is 0 Å². The molecule has 0 radical (unpaired) electrons. The number of nitrogens with two attached hydrogens (primary N) is 1. The third kappa shape index (κ3) is 2.51. The molecule has 0 unspecified atom stereocenters. The van der Waals surface area contributed by atoms with E-state index >= 15 is 0 Å². The molecule has 0 aliphatic carbocycles. The van der Waals surface area contributed by atoms with Gasteiger partial charge in [0.1, 0.15) is 10.7 Å². The van der Waals surface area contributed by atoms with Gasteiger partial charge in [-0.05, 0) is 54.8 Å². The first-order chi connectivity index (χ1) is 8.66. The van der Waals surface area contributed by atoms with Crippen LogP contribution < -0.4 is 5.73 Å². The molecule has 0 bridgehead atoms. The van der Waals surface area contributed by atoms with Gasteiger partial charge < -0.3 is 5.73 Å². The molecule has 0 saturated carbocycles. The molecule has 1 fully saturated rings. The summed E-state index contributed by atoms with van der Waals surface area (Å²) in [4.78, 5) is -0.358. The number of nitrogens with zero attached hydrogens (tertiary/aromatic N) is 1. The standard InChI is InChI=1S/C12H16BrFN2O2S/c1-12(2)4-3-5-16(12)19(17,18)11-7-10(15)8(13)6-9(11)14/h6-7H,3-5,15H2,1-2H3. The van der Waals surface area contributed by atoms with Crippen molar-refractivity contribution in [2.75, 3.05) is 12.3 Å². The summed E-state index contributed by atoms with van der Waals surface area (Å²) in [6.45, 7) is 4.10. The van der Waals surface area contributed by atoms with Gasteiger partial charge in [-0.3, -0.25) is 0 Å².